The summed E-state index contributed by atoms with van der Waals surface area (Å²) in [6.45, 7) is 0.797. The van der Waals surface area contributed by atoms with Crippen molar-refractivity contribution in [1.82, 2.24) is 15.1 Å². The van der Waals surface area contributed by atoms with Crippen LogP contribution in [0.4, 0.5) is 0 Å². The summed E-state index contributed by atoms with van der Waals surface area (Å²) in [5.41, 5.74) is 1.97. The molecule has 3 rings (SSSR count). The quantitative estimate of drug-likeness (QED) is 0.888. The smallest absolute Gasteiger partial charge is 0.356 e. The van der Waals surface area contributed by atoms with Crippen molar-refractivity contribution in [2.45, 2.75) is 13.0 Å². The molecule has 21 heavy (non-hydrogen) atoms. The monoisotopic (exact) mass is 305 g/mol. The Morgan fingerprint density at radius 1 is 1.29 bits per heavy atom. The van der Waals surface area contributed by atoms with Crippen molar-refractivity contribution in [3.8, 4) is 0 Å². The third-order valence-electron chi connectivity index (χ3n) is 3.51. The van der Waals surface area contributed by atoms with Crippen LogP contribution in [0.3, 0.4) is 0 Å². The van der Waals surface area contributed by atoms with Crippen molar-refractivity contribution in [3.63, 3.8) is 0 Å². The van der Waals surface area contributed by atoms with Crippen LogP contribution in [0.15, 0.2) is 24.3 Å². The summed E-state index contributed by atoms with van der Waals surface area (Å²) in [4.78, 5) is 25.1. The minimum Gasteiger partial charge on any atom is -0.476 e. The van der Waals surface area contributed by atoms with Crippen LogP contribution in [0.5, 0.6) is 0 Å². The molecule has 1 amide bonds. The number of carboxylic acids is 1. The topological polar surface area (TPSA) is 86.3 Å². The Kier molecular flexibility index (Phi) is 3.39. The van der Waals surface area contributed by atoms with E-state index in [4.69, 9.17) is 16.7 Å². The standard InChI is InChI=1S/C14H12ClN3O3/c15-9-3-1-8(2-4-9)13(19)18-6-5-10-11(7-18)16-17-12(10)14(20)21/h1-4H,5-7H2,(H,16,17)(H,20,21). The van der Waals surface area contributed by atoms with Gasteiger partial charge in [0.1, 0.15) is 0 Å². The van der Waals surface area contributed by atoms with Crippen LogP contribution in [0, 0.1) is 0 Å². The van der Waals surface area contributed by atoms with Crippen molar-refractivity contribution in [1.29, 1.82) is 0 Å². The molecule has 1 aliphatic heterocycles. The van der Waals surface area contributed by atoms with Gasteiger partial charge >= 0.3 is 5.97 Å². The summed E-state index contributed by atoms with van der Waals surface area (Å²) in [6.07, 6.45) is 0.479. The first kappa shape index (κ1) is 13.6. The van der Waals surface area contributed by atoms with E-state index in [1.165, 1.54) is 0 Å². The molecule has 0 fully saturated rings. The molecule has 2 heterocycles. The van der Waals surface area contributed by atoms with Crippen LogP contribution < -0.4 is 0 Å². The summed E-state index contributed by atoms with van der Waals surface area (Å²) >= 11 is 5.81. The predicted octanol–water partition coefficient (Wildman–Crippen LogP) is 1.96. The third kappa shape index (κ3) is 2.50. The predicted molar refractivity (Wildman–Crippen MR) is 75.4 cm³/mol. The molecule has 1 aromatic heterocycles. The number of halogens is 1. The van der Waals surface area contributed by atoms with Crippen LogP contribution in [-0.2, 0) is 13.0 Å². The molecule has 0 saturated carbocycles. The number of aromatic amines is 1. The molecule has 6 nitrogen and oxygen atoms in total. The number of hydrogen-bond donors (Lipinski definition) is 2. The Morgan fingerprint density at radius 3 is 2.67 bits per heavy atom. The number of carboxylic acid groups (broad SMARTS) is 1. The van der Waals surface area contributed by atoms with Crippen molar-refractivity contribution in [2.24, 2.45) is 0 Å². The van der Waals surface area contributed by atoms with E-state index in [0.29, 0.717) is 41.4 Å². The van der Waals surface area contributed by atoms with E-state index in [-0.39, 0.29) is 11.6 Å². The normalized spacial score (nSPS) is 13.9. The molecule has 108 valence electrons. The number of carbonyl (C=O) groups excluding carboxylic acids is 1. The fourth-order valence-corrected chi connectivity index (χ4v) is 2.57. The molecule has 0 unspecified atom stereocenters. The number of benzene rings is 1. The number of amides is 1. The van der Waals surface area contributed by atoms with Gasteiger partial charge in [-0.15, -0.1) is 0 Å². The van der Waals surface area contributed by atoms with Gasteiger partial charge in [0.15, 0.2) is 5.69 Å². The number of nitrogens with one attached hydrogen (secondary N) is 1. The van der Waals surface area contributed by atoms with Crippen LogP contribution in [0.2, 0.25) is 5.02 Å². The van der Waals surface area contributed by atoms with E-state index < -0.39 is 5.97 Å². The van der Waals surface area contributed by atoms with E-state index in [9.17, 15) is 9.59 Å². The Balaban J connectivity index is 1.81. The number of fused-ring (bicyclic) bond motifs is 1. The van der Waals surface area contributed by atoms with Gasteiger partial charge < -0.3 is 10.0 Å². The molecule has 1 aromatic carbocycles. The van der Waals surface area contributed by atoms with Gasteiger partial charge in [0, 0.05) is 22.7 Å². The van der Waals surface area contributed by atoms with Crippen LogP contribution in [-0.4, -0.2) is 38.6 Å². The van der Waals surface area contributed by atoms with Gasteiger partial charge in [-0.25, -0.2) is 4.79 Å². The van der Waals surface area contributed by atoms with E-state index in [1.54, 1.807) is 29.2 Å². The fourth-order valence-electron chi connectivity index (χ4n) is 2.44. The highest BCUT2D eigenvalue weighted by atomic mass is 35.5. The Labute approximate surface area is 125 Å². The van der Waals surface area contributed by atoms with Crippen molar-refractivity contribution in [2.75, 3.05) is 6.54 Å². The molecule has 2 N–H and O–H groups in total. The van der Waals surface area contributed by atoms with Crippen molar-refractivity contribution < 1.29 is 14.7 Å². The average molecular weight is 306 g/mol. The zero-order valence-electron chi connectivity index (χ0n) is 11.0. The number of nitrogens with zero attached hydrogens (tertiary/aromatic N) is 2. The summed E-state index contributed by atoms with van der Waals surface area (Å²) in [7, 11) is 0. The third-order valence-corrected chi connectivity index (χ3v) is 3.77. The molecule has 0 atom stereocenters. The second kappa shape index (κ2) is 5.21. The molecule has 1 aliphatic rings. The molecular formula is C14H12ClN3O3. The highest BCUT2D eigenvalue weighted by Gasteiger charge is 2.27. The van der Waals surface area contributed by atoms with Gasteiger partial charge in [-0.3, -0.25) is 9.89 Å². The largest absolute Gasteiger partial charge is 0.476 e. The minimum atomic E-state index is -1.05. The molecule has 0 saturated heterocycles. The Bertz CT molecular complexity index is 709. The molecule has 2 aromatic rings. The number of aromatic nitrogens is 2. The fraction of sp³-hybridized carbons (Fsp3) is 0.214. The average Bonchev–Trinajstić information content (AvgIpc) is 2.90. The number of hydrogen-bond acceptors (Lipinski definition) is 3. The van der Waals surface area contributed by atoms with Gasteiger partial charge in [0.05, 0.1) is 12.2 Å². The summed E-state index contributed by atoms with van der Waals surface area (Å²) in [5.74, 6) is -1.16. The lowest BCUT2D eigenvalue weighted by Gasteiger charge is -2.26. The van der Waals surface area contributed by atoms with Crippen molar-refractivity contribution in [3.05, 3.63) is 51.8 Å². The maximum Gasteiger partial charge on any atom is 0.356 e. The first-order valence-corrected chi connectivity index (χ1v) is 6.78. The van der Waals surface area contributed by atoms with E-state index in [1.807, 2.05) is 0 Å². The number of carbonyl (C=O) groups is 2. The summed E-state index contributed by atoms with van der Waals surface area (Å²) in [5, 5.41) is 16.1. The van der Waals surface area contributed by atoms with Crippen LogP contribution in [0.1, 0.15) is 32.1 Å². The summed E-state index contributed by atoms with van der Waals surface area (Å²) in [6, 6.07) is 6.69. The highest BCUT2D eigenvalue weighted by Crippen LogP contribution is 2.22. The summed E-state index contributed by atoms with van der Waals surface area (Å²) < 4.78 is 0. The Hall–Kier alpha value is -2.34. The lowest BCUT2D eigenvalue weighted by Crippen LogP contribution is -2.36. The second-order valence-corrected chi connectivity index (χ2v) is 5.25. The molecule has 0 aliphatic carbocycles. The molecule has 0 spiro atoms. The number of rotatable bonds is 2. The van der Waals surface area contributed by atoms with Gasteiger partial charge in [-0.05, 0) is 30.7 Å². The van der Waals surface area contributed by atoms with Gasteiger partial charge in [0.25, 0.3) is 5.91 Å². The maximum atomic E-state index is 12.4. The van der Waals surface area contributed by atoms with Crippen molar-refractivity contribution >= 4 is 23.5 Å². The zero-order chi connectivity index (χ0) is 15.0. The zero-order valence-corrected chi connectivity index (χ0v) is 11.7. The highest BCUT2D eigenvalue weighted by molar-refractivity contribution is 6.30. The molecular weight excluding hydrogens is 294 g/mol. The van der Waals surface area contributed by atoms with Gasteiger partial charge in [0.2, 0.25) is 0 Å². The first-order chi connectivity index (χ1) is 10.1. The maximum absolute atomic E-state index is 12.4. The number of aromatic carboxylic acids is 1. The minimum absolute atomic E-state index is 0.0450. The molecule has 0 bridgehead atoms. The van der Waals surface area contributed by atoms with Crippen LogP contribution >= 0.6 is 11.6 Å². The second-order valence-electron chi connectivity index (χ2n) is 4.82. The first-order valence-electron chi connectivity index (χ1n) is 6.40. The SMILES string of the molecule is O=C(O)c1n[nH]c2c1CCN(C(=O)c1ccc(Cl)cc1)C2. The van der Waals surface area contributed by atoms with E-state index in [0.717, 1.165) is 0 Å². The van der Waals surface area contributed by atoms with Crippen LogP contribution in [0.25, 0.3) is 0 Å². The van der Waals surface area contributed by atoms with E-state index >= 15 is 0 Å². The van der Waals surface area contributed by atoms with E-state index in [2.05, 4.69) is 10.2 Å². The van der Waals surface area contributed by atoms with Gasteiger partial charge in [-0.1, -0.05) is 11.6 Å². The molecule has 0 radical (unpaired) electrons. The Morgan fingerprint density at radius 2 is 2.00 bits per heavy atom. The molecule has 7 heteroatoms. The lowest BCUT2D eigenvalue weighted by atomic mass is 10.0. The number of H-pyrrole nitrogens is 1. The lowest BCUT2D eigenvalue weighted by molar-refractivity contribution is 0.0689. The van der Waals surface area contributed by atoms with Gasteiger partial charge in [-0.2, -0.15) is 5.10 Å².